The Morgan fingerprint density at radius 1 is 1.41 bits per heavy atom. The lowest BCUT2D eigenvalue weighted by Gasteiger charge is -1.98. The van der Waals surface area contributed by atoms with Crippen molar-refractivity contribution in [1.82, 2.24) is 10.7 Å². The third-order valence-corrected chi connectivity index (χ3v) is 3.96. The van der Waals surface area contributed by atoms with Crippen molar-refractivity contribution in [2.45, 2.75) is 6.92 Å². The predicted octanol–water partition coefficient (Wildman–Crippen LogP) is 2.64. The first-order valence-corrected chi connectivity index (χ1v) is 6.43. The molecule has 1 heterocycles. The number of rotatable bonds is 2. The smallest absolute Gasteiger partial charge is 0.186 e. The van der Waals surface area contributed by atoms with Gasteiger partial charge in [-0.05, 0) is 36.2 Å². The second-order valence-electron chi connectivity index (χ2n) is 3.54. The molecular weight excluding hydrogens is 250 g/mol. The van der Waals surface area contributed by atoms with Crippen LogP contribution in [0.4, 0.5) is 0 Å². The first-order valence-electron chi connectivity index (χ1n) is 5.21. The van der Waals surface area contributed by atoms with E-state index < -0.39 is 0 Å². The lowest BCUT2D eigenvalue weighted by molar-refractivity contribution is 0.982. The predicted molar refractivity (Wildman–Crippen MR) is 78.9 cm³/mol. The van der Waals surface area contributed by atoms with Gasteiger partial charge in [0.05, 0.1) is 11.1 Å². The summed E-state index contributed by atoms with van der Waals surface area (Å²) in [5.41, 5.74) is 4.00. The fourth-order valence-corrected chi connectivity index (χ4v) is 2.66. The molecule has 2 rings (SSSR count). The number of benzene rings is 1. The summed E-state index contributed by atoms with van der Waals surface area (Å²) in [6, 6.07) is 8.35. The highest BCUT2D eigenvalue weighted by atomic mass is 32.1. The molecule has 17 heavy (non-hydrogen) atoms. The van der Waals surface area contributed by atoms with Crippen LogP contribution in [-0.4, -0.2) is 18.4 Å². The van der Waals surface area contributed by atoms with E-state index in [1.807, 2.05) is 12.3 Å². The van der Waals surface area contributed by atoms with Crippen LogP contribution < -0.4 is 10.7 Å². The van der Waals surface area contributed by atoms with Gasteiger partial charge in [-0.2, -0.15) is 5.10 Å². The number of fused-ring (bicyclic) bond motifs is 1. The molecule has 0 unspecified atom stereocenters. The van der Waals surface area contributed by atoms with Gasteiger partial charge < -0.3 is 5.32 Å². The molecule has 0 saturated carbocycles. The van der Waals surface area contributed by atoms with Crippen LogP contribution in [0.3, 0.4) is 0 Å². The molecule has 0 amide bonds. The third kappa shape index (κ3) is 2.62. The molecule has 0 aliphatic rings. The van der Waals surface area contributed by atoms with Crippen molar-refractivity contribution in [1.29, 1.82) is 0 Å². The lowest BCUT2D eigenvalue weighted by atomic mass is 10.1. The molecule has 88 valence electrons. The molecule has 1 aromatic heterocycles. The maximum absolute atomic E-state index is 4.94. The van der Waals surface area contributed by atoms with Gasteiger partial charge in [0.25, 0.3) is 0 Å². The Bertz CT molecular complexity index is 572. The van der Waals surface area contributed by atoms with Gasteiger partial charge in [-0.3, -0.25) is 5.43 Å². The monoisotopic (exact) mass is 263 g/mol. The summed E-state index contributed by atoms with van der Waals surface area (Å²) in [6.45, 7) is 2.11. The minimum atomic E-state index is 0.514. The van der Waals surface area contributed by atoms with E-state index in [4.69, 9.17) is 12.2 Å². The summed E-state index contributed by atoms with van der Waals surface area (Å²) in [5.74, 6) is 0. The van der Waals surface area contributed by atoms with Crippen molar-refractivity contribution >= 4 is 45.0 Å². The Kier molecular flexibility index (Phi) is 3.71. The fourth-order valence-electron chi connectivity index (χ4n) is 1.52. The van der Waals surface area contributed by atoms with Crippen LogP contribution in [-0.2, 0) is 0 Å². The Morgan fingerprint density at radius 3 is 2.88 bits per heavy atom. The van der Waals surface area contributed by atoms with Gasteiger partial charge in [-0.25, -0.2) is 0 Å². The van der Waals surface area contributed by atoms with Gasteiger partial charge in [0, 0.05) is 11.7 Å². The standard InChI is InChI=1S/C12H13N3S2/c1-8-9-5-3-4-6-10(9)17-11(8)7-14-15-12(16)13-2/h3-7H,1-2H3,(H2,13,15,16)/b14-7-. The molecular formula is C12H13N3S2. The van der Waals surface area contributed by atoms with Crippen molar-refractivity contribution in [2.24, 2.45) is 5.10 Å². The lowest BCUT2D eigenvalue weighted by Crippen LogP contribution is -2.28. The van der Waals surface area contributed by atoms with Crippen LogP contribution in [0, 0.1) is 6.92 Å². The highest BCUT2D eigenvalue weighted by Gasteiger charge is 2.05. The molecule has 0 saturated heterocycles. The highest BCUT2D eigenvalue weighted by Crippen LogP contribution is 2.29. The SMILES string of the molecule is CNC(=S)N/N=C\c1sc2ccccc2c1C. The molecule has 0 aliphatic carbocycles. The van der Waals surface area contributed by atoms with E-state index in [1.54, 1.807) is 18.4 Å². The van der Waals surface area contributed by atoms with Crippen LogP contribution in [0.1, 0.15) is 10.4 Å². The van der Waals surface area contributed by atoms with Crippen LogP contribution >= 0.6 is 23.6 Å². The van der Waals surface area contributed by atoms with Crippen molar-refractivity contribution in [2.75, 3.05) is 7.05 Å². The zero-order valence-corrected chi connectivity index (χ0v) is 11.3. The zero-order chi connectivity index (χ0) is 12.3. The molecule has 0 atom stereocenters. The second-order valence-corrected chi connectivity index (χ2v) is 5.03. The molecule has 1 aromatic carbocycles. The number of nitrogens with zero attached hydrogens (tertiary/aromatic N) is 1. The van der Waals surface area contributed by atoms with E-state index >= 15 is 0 Å². The molecule has 5 heteroatoms. The maximum Gasteiger partial charge on any atom is 0.186 e. The largest absolute Gasteiger partial charge is 0.364 e. The van der Waals surface area contributed by atoms with E-state index in [9.17, 15) is 0 Å². The summed E-state index contributed by atoms with van der Waals surface area (Å²) < 4.78 is 1.28. The minimum absolute atomic E-state index is 0.514. The number of thiophene rings is 1. The summed E-state index contributed by atoms with van der Waals surface area (Å²) in [4.78, 5) is 1.15. The van der Waals surface area contributed by atoms with Crippen molar-refractivity contribution < 1.29 is 0 Å². The van der Waals surface area contributed by atoms with Gasteiger partial charge >= 0.3 is 0 Å². The van der Waals surface area contributed by atoms with E-state index in [-0.39, 0.29) is 0 Å². The fraction of sp³-hybridized carbons (Fsp3) is 0.167. The summed E-state index contributed by atoms with van der Waals surface area (Å²) in [7, 11) is 1.76. The molecule has 2 N–H and O–H groups in total. The first-order chi connectivity index (χ1) is 8.22. The molecule has 0 spiro atoms. The average molecular weight is 263 g/mol. The second kappa shape index (κ2) is 5.25. The summed E-state index contributed by atoms with van der Waals surface area (Å²) >= 11 is 6.67. The number of hydrazone groups is 1. The minimum Gasteiger partial charge on any atom is -0.364 e. The Hall–Kier alpha value is -1.46. The van der Waals surface area contributed by atoms with E-state index in [2.05, 4.69) is 41.0 Å². The van der Waals surface area contributed by atoms with Crippen molar-refractivity contribution in [3.05, 3.63) is 34.7 Å². The molecule has 2 aromatic rings. The Balaban J connectivity index is 2.24. The van der Waals surface area contributed by atoms with Crippen LogP contribution in [0.25, 0.3) is 10.1 Å². The van der Waals surface area contributed by atoms with Gasteiger partial charge in [0.1, 0.15) is 0 Å². The van der Waals surface area contributed by atoms with Gasteiger partial charge in [-0.15, -0.1) is 11.3 Å². The molecule has 3 nitrogen and oxygen atoms in total. The molecule has 0 aliphatic heterocycles. The van der Waals surface area contributed by atoms with Gasteiger partial charge in [0.15, 0.2) is 5.11 Å². The van der Waals surface area contributed by atoms with Gasteiger partial charge in [0.2, 0.25) is 0 Å². The Labute approximate surface area is 110 Å². The summed E-state index contributed by atoms with van der Waals surface area (Å²) in [5, 5.41) is 8.70. The number of aryl methyl sites for hydroxylation is 1. The Morgan fingerprint density at radius 2 is 2.18 bits per heavy atom. The number of thiocarbonyl (C=S) groups is 1. The number of hydrogen-bond donors (Lipinski definition) is 2. The molecule has 0 radical (unpaired) electrons. The topological polar surface area (TPSA) is 36.4 Å². The number of hydrogen-bond acceptors (Lipinski definition) is 3. The maximum atomic E-state index is 4.94. The van der Waals surface area contributed by atoms with E-state index in [1.165, 1.54) is 15.6 Å². The number of nitrogens with one attached hydrogen (secondary N) is 2. The van der Waals surface area contributed by atoms with E-state index in [0.717, 1.165) is 4.88 Å². The average Bonchev–Trinajstić information content (AvgIpc) is 2.67. The molecule has 0 fully saturated rings. The van der Waals surface area contributed by atoms with Gasteiger partial charge in [-0.1, -0.05) is 18.2 Å². The third-order valence-electron chi connectivity index (χ3n) is 2.46. The normalized spacial score (nSPS) is 10.9. The van der Waals surface area contributed by atoms with Crippen molar-refractivity contribution in [3.8, 4) is 0 Å². The van der Waals surface area contributed by atoms with Crippen LogP contribution in [0.15, 0.2) is 29.4 Å². The zero-order valence-electron chi connectivity index (χ0n) is 9.65. The quantitative estimate of drug-likeness (QED) is 0.497. The van der Waals surface area contributed by atoms with Crippen LogP contribution in [0.5, 0.6) is 0 Å². The highest BCUT2D eigenvalue weighted by molar-refractivity contribution is 7.80. The molecule has 0 bridgehead atoms. The van der Waals surface area contributed by atoms with E-state index in [0.29, 0.717) is 5.11 Å². The first kappa shape index (κ1) is 12.0. The summed E-state index contributed by atoms with van der Waals surface area (Å²) in [6.07, 6.45) is 1.81. The van der Waals surface area contributed by atoms with Crippen LogP contribution in [0.2, 0.25) is 0 Å². The van der Waals surface area contributed by atoms with Crippen molar-refractivity contribution in [3.63, 3.8) is 0 Å².